The van der Waals surface area contributed by atoms with Gasteiger partial charge in [0.1, 0.15) is 54.4 Å². The van der Waals surface area contributed by atoms with Crippen LogP contribution in [0.15, 0.2) is 98.5 Å². The van der Waals surface area contributed by atoms with Gasteiger partial charge in [0.25, 0.3) is 0 Å². The molecule has 16 heteroatoms. The van der Waals surface area contributed by atoms with Gasteiger partial charge < -0.3 is 49.5 Å². The number of allylic oxidation sites excluding steroid dienone is 1. The number of benzene rings is 3. The zero-order valence-corrected chi connectivity index (χ0v) is 31.2. The number of carbonyl (C=O) groups excluding carboxylic acids is 1. The van der Waals surface area contributed by atoms with Crippen LogP contribution in [0.4, 0.5) is 0 Å². The molecule has 0 bridgehead atoms. The monoisotopic (exact) mass is 784 g/mol. The molecule has 3 aliphatic rings. The first-order valence-corrected chi connectivity index (χ1v) is 18.1. The summed E-state index contributed by atoms with van der Waals surface area (Å²) in [4.78, 5) is 49.2. The first-order valence-electron chi connectivity index (χ1n) is 18.1. The average Bonchev–Trinajstić information content (AvgIpc) is 3.77. The number of hydroxylamine groups is 2. The van der Waals surface area contributed by atoms with Gasteiger partial charge in [-0.05, 0) is 68.9 Å². The van der Waals surface area contributed by atoms with E-state index in [2.05, 4.69) is 10.3 Å². The minimum atomic E-state index is -2.51. The Kier molecular flexibility index (Phi) is 11.1. The highest BCUT2D eigenvalue weighted by molar-refractivity contribution is 5.94. The van der Waals surface area contributed by atoms with Crippen molar-refractivity contribution in [3.8, 4) is 22.6 Å². The lowest BCUT2D eigenvalue weighted by Gasteiger charge is -2.47. The SMILES string of the molecule is CNCC(C(=O)O)C(=O)OCC1OC(Oc2ccc3c(=O)c(-c4ccc(O)cc4)coc3c2)C(O[NH+]2CC3=CC=NC3=C2c2cc(C)cc(C)c2)C(O)(CO)C1O. The van der Waals surface area contributed by atoms with Crippen molar-refractivity contribution in [3.05, 3.63) is 111 Å². The average molecular weight is 785 g/mol. The minimum Gasteiger partial charge on any atom is -0.508 e. The number of rotatable bonds is 13. The Morgan fingerprint density at radius 2 is 1.81 bits per heavy atom. The van der Waals surface area contributed by atoms with Gasteiger partial charge in [-0.3, -0.25) is 14.4 Å². The molecular weight excluding hydrogens is 742 g/mol. The standard InChI is InChI=1S/C41H41N3O13/c1-21-12-22(2)14-25(13-21)34-33-24(10-11-43-33)17-44(34)57-37-40(56-32(36(48)41(37,52)20-45)19-54-39(51)29(16-42-3)38(49)50)55-27-8-9-28-31(15-27)53-18-30(35(28)47)23-4-6-26(46)7-5-23/h4-15,18,29,32,36-37,40,42,45-46,48,52H,16-17,19-20H2,1-3H3,(H,49,50)/p+1. The van der Waals surface area contributed by atoms with Gasteiger partial charge in [0.15, 0.2) is 22.6 Å². The predicted molar refractivity (Wildman–Crippen MR) is 203 cm³/mol. The van der Waals surface area contributed by atoms with Gasteiger partial charge in [-0.1, -0.05) is 29.3 Å². The molecular formula is C41H42N3O13+. The van der Waals surface area contributed by atoms with Gasteiger partial charge >= 0.3 is 11.9 Å². The van der Waals surface area contributed by atoms with Crippen LogP contribution in [0.5, 0.6) is 11.5 Å². The molecule has 7 atom stereocenters. The Hall–Kier alpha value is -5.72. The molecule has 0 spiro atoms. The molecule has 3 aliphatic heterocycles. The highest BCUT2D eigenvalue weighted by Crippen LogP contribution is 2.36. The molecule has 4 aromatic rings. The van der Waals surface area contributed by atoms with E-state index in [9.17, 15) is 39.9 Å². The number of phenolic OH excluding ortho intramolecular Hbond substituents is 1. The van der Waals surface area contributed by atoms with Crippen LogP contribution >= 0.6 is 0 Å². The van der Waals surface area contributed by atoms with Crippen LogP contribution in [-0.4, -0.2) is 107 Å². The lowest BCUT2D eigenvalue weighted by Crippen LogP contribution is -3.09. The van der Waals surface area contributed by atoms with Gasteiger partial charge in [0, 0.05) is 30.0 Å². The minimum absolute atomic E-state index is 0.0371. The zero-order valence-electron chi connectivity index (χ0n) is 31.2. The van der Waals surface area contributed by atoms with E-state index in [4.69, 9.17) is 23.5 Å². The number of nitrogens with zero attached hydrogens (tertiary/aromatic N) is 1. The van der Waals surface area contributed by atoms with Crippen LogP contribution in [0, 0.1) is 19.8 Å². The number of fused-ring (bicyclic) bond motifs is 2. The summed E-state index contributed by atoms with van der Waals surface area (Å²) in [6.45, 7) is 2.11. The largest absolute Gasteiger partial charge is 0.508 e. The highest BCUT2D eigenvalue weighted by atomic mass is 16.8. The van der Waals surface area contributed by atoms with E-state index in [1.165, 1.54) is 43.6 Å². The molecule has 0 aliphatic carbocycles. The second kappa shape index (κ2) is 16.0. The fourth-order valence-electron chi connectivity index (χ4n) is 7.30. The number of esters is 1. The van der Waals surface area contributed by atoms with Crippen LogP contribution in [-0.2, 0) is 23.9 Å². The molecule has 0 saturated carbocycles. The quantitative estimate of drug-likeness (QED) is 0.0742. The molecule has 298 valence electrons. The lowest BCUT2D eigenvalue weighted by molar-refractivity contribution is -1.04. The van der Waals surface area contributed by atoms with Crippen molar-refractivity contribution in [2.24, 2.45) is 10.9 Å². The van der Waals surface area contributed by atoms with Gasteiger partial charge in [-0.15, -0.1) is 0 Å². The summed E-state index contributed by atoms with van der Waals surface area (Å²) >= 11 is 0. The summed E-state index contributed by atoms with van der Waals surface area (Å²) in [6.07, 6.45) is -1.97. The number of ether oxygens (including phenoxy) is 3. The molecule has 57 heavy (non-hydrogen) atoms. The maximum atomic E-state index is 13.5. The van der Waals surface area contributed by atoms with E-state index in [1.807, 2.05) is 38.1 Å². The number of aromatic hydroxyl groups is 1. The number of hydrogen-bond acceptors (Lipinski definition) is 14. The molecule has 1 saturated heterocycles. The summed E-state index contributed by atoms with van der Waals surface area (Å²) in [5, 5.41) is 57.0. The van der Waals surface area contributed by atoms with Crippen LogP contribution in [0.25, 0.3) is 27.8 Å². The van der Waals surface area contributed by atoms with Crippen LogP contribution in [0.1, 0.15) is 16.7 Å². The van der Waals surface area contributed by atoms with Gasteiger partial charge in [-0.25, -0.2) is 4.99 Å². The van der Waals surface area contributed by atoms with Gasteiger partial charge in [0.05, 0.1) is 17.6 Å². The lowest BCUT2D eigenvalue weighted by atomic mass is 9.84. The Morgan fingerprint density at radius 3 is 2.49 bits per heavy atom. The van der Waals surface area contributed by atoms with Crippen LogP contribution < -0.4 is 20.5 Å². The summed E-state index contributed by atoms with van der Waals surface area (Å²) in [5.41, 5.74) is 2.94. The number of quaternary nitrogens is 1. The van der Waals surface area contributed by atoms with Crippen LogP contribution in [0.2, 0.25) is 0 Å². The molecule has 3 aromatic carbocycles. The molecule has 0 amide bonds. The molecule has 1 aromatic heterocycles. The van der Waals surface area contributed by atoms with Crippen molar-refractivity contribution in [1.29, 1.82) is 0 Å². The van der Waals surface area contributed by atoms with Crippen molar-refractivity contribution in [3.63, 3.8) is 0 Å². The number of aliphatic hydroxyl groups is 3. The number of aliphatic hydroxyl groups excluding tert-OH is 2. The highest BCUT2D eigenvalue weighted by Gasteiger charge is 2.60. The summed E-state index contributed by atoms with van der Waals surface area (Å²) in [5.74, 6) is -4.04. The number of aliphatic imine (C=N–C) groups is 1. The van der Waals surface area contributed by atoms with Crippen LogP contribution in [0.3, 0.4) is 0 Å². The Bertz CT molecular complexity index is 2330. The number of aliphatic carboxylic acids is 1. The first-order chi connectivity index (χ1) is 27.3. The molecule has 4 heterocycles. The molecule has 1 fully saturated rings. The second-order valence-corrected chi connectivity index (χ2v) is 14.2. The summed E-state index contributed by atoms with van der Waals surface area (Å²) < 4.78 is 23.6. The zero-order chi connectivity index (χ0) is 40.6. The van der Waals surface area contributed by atoms with E-state index in [-0.39, 0.29) is 46.6 Å². The van der Waals surface area contributed by atoms with E-state index in [1.54, 1.807) is 18.3 Å². The predicted octanol–water partition coefficient (Wildman–Crippen LogP) is 1.01. The number of aryl methyl sites for hydroxylation is 2. The number of hydrogen-bond donors (Lipinski definition) is 7. The molecule has 7 N–H and O–H groups in total. The van der Waals surface area contributed by atoms with E-state index >= 15 is 0 Å². The fourth-order valence-corrected chi connectivity index (χ4v) is 7.30. The summed E-state index contributed by atoms with van der Waals surface area (Å²) in [7, 11) is 1.47. The van der Waals surface area contributed by atoms with Crippen molar-refractivity contribution < 1.29 is 63.7 Å². The Balaban J connectivity index is 1.24. The molecule has 0 radical (unpaired) electrons. The van der Waals surface area contributed by atoms with Gasteiger partial charge in [-0.2, -0.15) is 9.90 Å². The van der Waals surface area contributed by atoms with Gasteiger partial charge in [0.2, 0.25) is 12.4 Å². The van der Waals surface area contributed by atoms with Crippen molar-refractivity contribution >= 4 is 34.8 Å². The third-order valence-electron chi connectivity index (χ3n) is 10.2. The Labute approximate surface area is 325 Å². The maximum absolute atomic E-state index is 13.5. The number of carbonyl (C=O) groups is 2. The van der Waals surface area contributed by atoms with Crippen molar-refractivity contribution in [1.82, 2.24) is 5.32 Å². The number of phenols is 1. The van der Waals surface area contributed by atoms with E-state index in [0.717, 1.165) is 22.3 Å². The summed E-state index contributed by atoms with van der Waals surface area (Å²) in [6, 6.07) is 16.4. The van der Waals surface area contributed by atoms with E-state index < -0.39 is 61.3 Å². The first kappa shape index (κ1) is 39.5. The second-order valence-electron chi connectivity index (χ2n) is 14.2. The topological polar surface area (TPSA) is 231 Å². The fraction of sp³-hybridized carbons (Fsp3) is 0.317. The number of carboxylic acid groups (broad SMARTS) is 1. The normalized spacial score (nSPS) is 24.7. The third kappa shape index (κ3) is 7.71. The smallest absolute Gasteiger partial charge is 0.321 e. The Morgan fingerprint density at radius 1 is 1.07 bits per heavy atom. The molecule has 7 rings (SSSR count). The van der Waals surface area contributed by atoms with Crippen molar-refractivity contribution in [2.75, 3.05) is 33.4 Å². The maximum Gasteiger partial charge on any atom is 0.321 e. The third-order valence-corrected chi connectivity index (χ3v) is 10.2. The number of carboxylic acids is 1. The molecule has 16 nitrogen and oxygen atoms in total. The number of nitrogens with one attached hydrogen (secondary N) is 2. The molecule has 7 unspecified atom stereocenters. The van der Waals surface area contributed by atoms with Crippen molar-refractivity contribution in [2.45, 2.75) is 44.1 Å². The van der Waals surface area contributed by atoms with E-state index in [0.29, 0.717) is 22.0 Å².